The van der Waals surface area contributed by atoms with Crippen molar-refractivity contribution in [3.8, 4) is 11.5 Å². The van der Waals surface area contributed by atoms with E-state index in [1.54, 1.807) is 16.2 Å². The normalized spacial score (nSPS) is 10.7. The lowest BCUT2D eigenvalue weighted by Crippen LogP contribution is -2.35. The molecule has 0 aliphatic heterocycles. The molecule has 0 spiro atoms. The Hall–Kier alpha value is -3.58. The quantitative estimate of drug-likeness (QED) is 0.339. The summed E-state index contributed by atoms with van der Waals surface area (Å²) in [7, 11) is 1.37. The zero-order valence-corrected chi connectivity index (χ0v) is 18.8. The molecular weight excluding hydrogens is 424 g/mol. The number of hydrogen-bond acceptors (Lipinski definition) is 6. The van der Waals surface area contributed by atoms with Gasteiger partial charge < -0.3 is 14.2 Å². The number of para-hydroxylation sites is 2. The first kappa shape index (κ1) is 21.6. The van der Waals surface area contributed by atoms with E-state index in [2.05, 4.69) is 11.1 Å². The Bertz CT molecular complexity index is 1160. The van der Waals surface area contributed by atoms with Crippen molar-refractivity contribution in [2.45, 2.75) is 13.5 Å². The summed E-state index contributed by atoms with van der Waals surface area (Å²) < 4.78 is 17.8. The van der Waals surface area contributed by atoms with Gasteiger partial charge in [0.1, 0.15) is 29.7 Å². The number of carbonyl (C=O) groups is 1. The Labute approximate surface area is 191 Å². The summed E-state index contributed by atoms with van der Waals surface area (Å²) in [4.78, 5) is 18.6. The first-order valence-corrected chi connectivity index (χ1v) is 11.1. The highest BCUT2D eigenvalue weighted by Crippen LogP contribution is 2.27. The molecule has 0 N–H and O–H groups in total. The van der Waals surface area contributed by atoms with Crippen LogP contribution in [0.3, 0.4) is 0 Å². The van der Waals surface area contributed by atoms with E-state index in [0.29, 0.717) is 19.8 Å². The summed E-state index contributed by atoms with van der Waals surface area (Å²) >= 11 is 1.62. The fourth-order valence-corrected chi connectivity index (χ4v) is 4.22. The summed E-state index contributed by atoms with van der Waals surface area (Å²) in [6.45, 7) is 3.03. The van der Waals surface area contributed by atoms with E-state index in [4.69, 9.17) is 14.2 Å². The number of anilines is 1. The van der Waals surface area contributed by atoms with E-state index in [0.717, 1.165) is 38.0 Å². The van der Waals surface area contributed by atoms with Crippen LogP contribution in [-0.4, -0.2) is 31.3 Å². The molecule has 6 nitrogen and oxygen atoms in total. The van der Waals surface area contributed by atoms with Crippen LogP contribution >= 0.6 is 11.3 Å². The highest BCUT2D eigenvalue weighted by molar-refractivity contribution is 7.18. The van der Waals surface area contributed by atoms with E-state index in [1.807, 2.05) is 73.7 Å². The molecule has 0 bridgehead atoms. The maximum Gasteiger partial charge on any atom is 0.414 e. The largest absolute Gasteiger partial charge is 0.492 e. The van der Waals surface area contributed by atoms with Gasteiger partial charge >= 0.3 is 6.09 Å². The fourth-order valence-electron chi connectivity index (χ4n) is 3.34. The maximum absolute atomic E-state index is 12.4. The number of ether oxygens (including phenoxy) is 3. The standard InChI is InChI=1S/C25H24N2O4S/c1-18-16-20(31-17-24-26-21-10-6-7-11-23(21)32-24)12-13-22(18)27(25(28)29-2)14-15-30-19-8-4-3-5-9-19/h3-13,16H,14-15,17H2,1-2H3. The Morgan fingerprint density at radius 1 is 0.969 bits per heavy atom. The van der Waals surface area contributed by atoms with Crippen LogP contribution in [0.5, 0.6) is 11.5 Å². The number of methoxy groups -OCH3 is 1. The maximum atomic E-state index is 12.4. The SMILES string of the molecule is COC(=O)N(CCOc1ccccc1)c1ccc(OCc2nc3ccccc3s2)cc1C. The number of hydrogen-bond donors (Lipinski definition) is 0. The Balaban J connectivity index is 1.42. The molecular formula is C25H24N2O4S. The minimum atomic E-state index is -0.437. The highest BCUT2D eigenvalue weighted by atomic mass is 32.1. The third-order valence-electron chi connectivity index (χ3n) is 4.88. The Morgan fingerprint density at radius 3 is 2.50 bits per heavy atom. The molecule has 3 aromatic carbocycles. The fraction of sp³-hybridized carbons (Fsp3) is 0.200. The van der Waals surface area contributed by atoms with Crippen molar-refractivity contribution in [2.75, 3.05) is 25.2 Å². The lowest BCUT2D eigenvalue weighted by molar-refractivity contribution is 0.176. The number of aryl methyl sites for hydroxylation is 1. The van der Waals surface area contributed by atoms with Crippen molar-refractivity contribution in [2.24, 2.45) is 0 Å². The van der Waals surface area contributed by atoms with Crippen LogP contribution in [0.2, 0.25) is 0 Å². The van der Waals surface area contributed by atoms with Gasteiger partial charge in [0.25, 0.3) is 0 Å². The molecule has 4 rings (SSSR count). The molecule has 164 valence electrons. The average molecular weight is 449 g/mol. The van der Waals surface area contributed by atoms with Gasteiger partial charge in [-0.25, -0.2) is 9.78 Å². The summed E-state index contributed by atoms with van der Waals surface area (Å²) in [6.07, 6.45) is -0.437. The van der Waals surface area contributed by atoms with Gasteiger partial charge in [-0.05, 0) is 55.0 Å². The Kier molecular flexibility index (Phi) is 6.87. The number of carbonyl (C=O) groups excluding carboxylic acids is 1. The van der Waals surface area contributed by atoms with Crippen molar-refractivity contribution in [3.05, 3.63) is 83.4 Å². The molecule has 1 amide bonds. The van der Waals surface area contributed by atoms with E-state index in [-0.39, 0.29) is 0 Å². The number of nitrogens with zero attached hydrogens (tertiary/aromatic N) is 2. The van der Waals surface area contributed by atoms with Gasteiger partial charge in [-0.2, -0.15) is 0 Å². The topological polar surface area (TPSA) is 60.9 Å². The third-order valence-corrected chi connectivity index (χ3v) is 5.89. The van der Waals surface area contributed by atoms with Crippen LogP contribution in [0, 0.1) is 6.92 Å². The number of amides is 1. The van der Waals surface area contributed by atoms with Gasteiger partial charge in [0.05, 0.1) is 29.6 Å². The van der Waals surface area contributed by atoms with Crippen LogP contribution in [0.1, 0.15) is 10.6 Å². The molecule has 0 atom stereocenters. The third kappa shape index (κ3) is 5.18. The number of thiazole rings is 1. The molecule has 32 heavy (non-hydrogen) atoms. The second kappa shape index (κ2) is 10.2. The molecule has 0 saturated carbocycles. The Morgan fingerprint density at radius 2 is 1.75 bits per heavy atom. The molecule has 0 saturated heterocycles. The summed E-state index contributed by atoms with van der Waals surface area (Å²) in [5, 5.41) is 0.919. The molecule has 0 fully saturated rings. The molecule has 1 heterocycles. The monoisotopic (exact) mass is 448 g/mol. The summed E-state index contributed by atoms with van der Waals surface area (Å²) in [5.41, 5.74) is 2.63. The lowest BCUT2D eigenvalue weighted by atomic mass is 10.1. The van der Waals surface area contributed by atoms with E-state index in [9.17, 15) is 4.79 Å². The van der Waals surface area contributed by atoms with E-state index >= 15 is 0 Å². The first-order valence-electron chi connectivity index (χ1n) is 10.3. The van der Waals surface area contributed by atoms with Gasteiger partial charge in [-0.15, -0.1) is 11.3 Å². The molecule has 0 unspecified atom stereocenters. The summed E-state index contributed by atoms with van der Waals surface area (Å²) in [5.74, 6) is 1.48. The van der Waals surface area contributed by atoms with Crippen LogP contribution in [0.15, 0.2) is 72.8 Å². The van der Waals surface area contributed by atoms with E-state index in [1.165, 1.54) is 7.11 Å². The van der Waals surface area contributed by atoms with Crippen molar-refractivity contribution in [1.29, 1.82) is 0 Å². The van der Waals surface area contributed by atoms with Crippen molar-refractivity contribution >= 4 is 33.3 Å². The van der Waals surface area contributed by atoms with Crippen molar-refractivity contribution in [1.82, 2.24) is 4.98 Å². The van der Waals surface area contributed by atoms with Gasteiger partial charge in [0.15, 0.2) is 0 Å². The predicted molar refractivity (Wildman–Crippen MR) is 127 cm³/mol. The number of fused-ring (bicyclic) bond motifs is 1. The molecule has 0 aliphatic rings. The van der Waals surface area contributed by atoms with Gasteiger partial charge in [0, 0.05) is 0 Å². The van der Waals surface area contributed by atoms with Crippen LogP contribution in [-0.2, 0) is 11.3 Å². The second-order valence-electron chi connectivity index (χ2n) is 7.10. The number of rotatable bonds is 8. The average Bonchev–Trinajstić information content (AvgIpc) is 3.24. The number of benzene rings is 3. The smallest absolute Gasteiger partial charge is 0.414 e. The molecule has 7 heteroatoms. The first-order chi connectivity index (χ1) is 15.6. The zero-order valence-electron chi connectivity index (χ0n) is 18.0. The second-order valence-corrected chi connectivity index (χ2v) is 8.21. The number of aromatic nitrogens is 1. The highest BCUT2D eigenvalue weighted by Gasteiger charge is 2.19. The molecule has 1 aromatic heterocycles. The minimum absolute atomic E-state index is 0.342. The van der Waals surface area contributed by atoms with Crippen molar-refractivity contribution in [3.63, 3.8) is 0 Å². The van der Waals surface area contributed by atoms with Gasteiger partial charge in [-0.1, -0.05) is 30.3 Å². The van der Waals surface area contributed by atoms with Crippen LogP contribution in [0.4, 0.5) is 10.5 Å². The van der Waals surface area contributed by atoms with Gasteiger partial charge in [0.2, 0.25) is 0 Å². The summed E-state index contributed by atoms with van der Waals surface area (Å²) in [6, 6.07) is 23.2. The molecule has 0 radical (unpaired) electrons. The molecule has 0 aliphatic carbocycles. The molecule has 4 aromatic rings. The van der Waals surface area contributed by atoms with Crippen LogP contribution in [0.25, 0.3) is 10.2 Å². The van der Waals surface area contributed by atoms with Crippen molar-refractivity contribution < 1.29 is 19.0 Å². The predicted octanol–water partition coefficient (Wildman–Crippen LogP) is 5.84. The lowest BCUT2D eigenvalue weighted by Gasteiger charge is -2.23. The van der Waals surface area contributed by atoms with Gasteiger partial charge in [-0.3, -0.25) is 4.90 Å². The van der Waals surface area contributed by atoms with E-state index < -0.39 is 6.09 Å². The minimum Gasteiger partial charge on any atom is -0.492 e. The zero-order chi connectivity index (χ0) is 22.3. The van der Waals surface area contributed by atoms with Crippen LogP contribution < -0.4 is 14.4 Å².